The van der Waals surface area contributed by atoms with E-state index in [1.807, 2.05) is 48.5 Å². The largest absolute Gasteiger partial charge is 0.491 e. The molecule has 0 spiro atoms. The number of nitrogens with zero attached hydrogens (tertiary/aromatic N) is 1. The molecule has 10 heteroatoms. The minimum atomic E-state index is -4.29. The first-order chi connectivity index (χ1) is 20.2. The molecule has 0 saturated carbocycles. The van der Waals surface area contributed by atoms with Crippen molar-refractivity contribution in [2.45, 2.75) is 76.0 Å². The second-order valence-electron chi connectivity index (χ2n) is 11.1. The van der Waals surface area contributed by atoms with Gasteiger partial charge in [0.15, 0.2) is 5.78 Å². The Bertz CT molecular complexity index is 1190. The highest BCUT2D eigenvalue weighted by Crippen LogP contribution is 2.26. The Kier molecular flexibility index (Phi) is 11.4. The van der Waals surface area contributed by atoms with Crippen molar-refractivity contribution in [1.29, 1.82) is 0 Å². The average Bonchev–Trinajstić information content (AvgIpc) is 3.38. The molecule has 2 bridgehead atoms. The van der Waals surface area contributed by atoms with E-state index in [9.17, 15) is 27.6 Å². The van der Waals surface area contributed by atoms with Crippen molar-refractivity contribution < 1.29 is 37.0 Å². The molecule has 228 valence electrons. The van der Waals surface area contributed by atoms with Crippen LogP contribution in [0.2, 0.25) is 0 Å². The van der Waals surface area contributed by atoms with Crippen LogP contribution in [0.1, 0.15) is 56.1 Å². The molecule has 1 saturated heterocycles. The van der Waals surface area contributed by atoms with Crippen molar-refractivity contribution >= 4 is 17.6 Å². The number of alkyl halides is 3. The summed E-state index contributed by atoms with van der Waals surface area (Å²) in [6.07, 6.45) is -3.14. The smallest absolute Gasteiger partial charge is 0.389 e. The molecule has 3 atom stereocenters. The third-order valence-corrected chi connectivity index (χ3v) is 7.80. The van der Waals surface area contributed by atoms with E-state index in [0.29, 0.717) is 44.4 Å². The lowest BCUT2D eigenvalue weighted by molar-refractivity contribution is -0.138. The number of fused-ring (bicyclic) bond motifs is 2. The number of likely N-dealkylation sites (tertiary alicyclic amines) is 1. The fraction of sp³-hybridized carbons (Fsp3) is 0.531. The van der Waals surface area contributed by atoms with Crippen molar-refractivity contribution in [3.63, 3.8) is 0 Å². The minimum Gasteiger partial charge on any atom is -0.491 e. The van der Waals surface area contributed by atoms with Gasteiger partial charge in [0.1, 0.15) is 12.4 Å². The first kappa shape index (κ1) is 31.5. The summed E-state index contributed by atoms with van der Waals surface area (Å²) in [7, 11) is 0. The standard InChI is InChI=1S/C32H39F3N2O5/c33-32(34,35)15-5-10-26-22-41-17-18-42-27-11-4-9-24(19-27)20-28(37-16-6-12-30(37)39)29(38)21-25(31(40)36-26)14-13-23-7-2-1-3-8-23/h1-4,7-9,11,19,25-26,28H,5-6,10,12-18,20-22H2,(H,36,40)/t25-,26-,28+/m1/s1. The van der Waals surface area contributed by atoms with Crippen LogP contribution in [0.25, 0.3) is 0 Å². The lowest BCUT2D eigenvalue weighted by atomic mass is 9.89. The van der Waals surface area contributed by atoms with E-state index in [1.165, 1.54) is 0 Å². The number of ether oxygens (including phenoxy) is 2. The molecule has 2 aromatic rings. The molecule has 2 heterocycles. The second-order valence-corrected chi connectivity index (χ2v) is 11.1. The van der Waals surface area contributed by atoms with Crippen LogP contribution in [-0.4, -0.2) is 67.1 Å². The van der Waals surface area contributed by atoms with Gasteiger partial charge in [-0.3, -0.25) is 14.4 Å². The van der Waals surface area contributed by atoms with Gasteiger partial charge in [0.25, 0.3) is 0 Å². The number of Topliss-reactive ketones (excluding diaryl/α,β-unsaturated/α-hetero) is 1. The second kappa shape index (κ2) is 15.2. The normalized spacial score (nSPS) is 23.0. The van der Waals surface area contributed by atoms with Gasteiger partial charge in [-0.05, 0) is 55.4 Å². The highest BCUT2D eigenvalue weighted by molar-refractivity contribution is 5.93. The van der Waals surface area contributed by atoms with Gasteiger partial charge in [0.05, 0.1) is 25.3 Å². The number of benzene rings is 2. The van der Waals surface area contributed by atoms with Gasteiger partial charge in [-0.15, -0.1) is 0 Å². The fourth-order valence-corrected chi connectivity index (χ4v) is 5.58. The van der Waals surface area contributed by atoms with Crippen LogP contribution in [0.4, 0.5) is 13.2 Å². The van der Waals surface area contributed by atoms with Crippen molar-refractivity contribution in [2.75, 3.05) is 26.4 Å². The molecule has 2 amide bonds. The van der Waals surface area contributed by atoms with Crippen molar-refractivity contribution in [1.82, 2.24) is 10.2 Å². The molecule has 1 N–H and O–H groups in total. The third kappa shape index (κ3) is 9.86. The Hall–Kier alpha value is -3.40. The molecule has 7 nitrogen and oxygen atoms in total. The van der Waals surface area contributed by atoms with Crippen LogP contribution in [0.15, 0.2) is 54.6 Å². The maximum atomic E-state index is 13.9. The number of hydrogen-bond donors (Lipinski definition) is 1. The lowest BCUT2D eigenvalue weighted by Gasteiger charge is -2.29. The molecular weight excluding hydrogens is 549 g/mol. The molecule has 4 rings (SSSR count). The molecule has 2 aromatic carbocycles. The maximum Gasteiger partial charge on any atom is 0.389 e. The SMILES string of the molecule is O=C1N[C@H](CCCC(F)(F)F)COCCOc2cccc(c2)C[C@H](N2CCCC2=O)C(=O)C[C@H]1CCc1ccccc1. The molecule has 0 aromatic heterocycles. The van der Waals surface area contributed by atoms with Crippen molar-refractivity contribution in [3.05, 3.63) is 65.7 Å². The number of aryl methyl sites for hydroxylation is 1. The molecule has 2 aliphatic heterocycles. The molecule has 0 aliphatic carbocycles. The Balaban J connectivity index is 1.59. The van der Waals surface area contributed by atoms with Gasteiger partial charge in [-0.1, -0.05) is 42.5 Å². The summed E-state index contributed by atoms with van der Waals surface area (Å²) in [4.78, 5) is 41.9. The molecular formula is C32H39F3N2O5. The van der Waals surface area contributed by atoms with E-state index < -0.39 is 36.5 Å². The van der Waals surface area contributed by atoms with E-state index in [4.69, 9.17) is 9.47 Å². The number of amides is 2. The van der Waals surface area contributed by atoms with E-state index in [2.05, 4.69) is 5.32 Å². The third-order valence-electron chi connectivity index (χ3n) is 7.80. The average molecular weight is 589 g/mol. The lowest BCUT2D eigenvalue weighted by Crippen LogP contribution is -2.46. The van der Waals surface area contributed by atoms with Crippen LogP contribution in [0, 0.1) is 5.92 Å². The number of carbonyl (C=O) groups excluding carboxylic acids is 3. The van der Waals surface area contributed by atoms with E-state index in [1.54, 1.807) is 11.0 Å². The molecule has 42 heavy (non-hydrogen) atoms. The van der Waals surface area contributed by atoms with E-state index in [0.717, 1.165) is 11.1 Å². The molecule has 0 unspecified atom stereocenters. The Morgan fingerprint density at radius 1 is 0.952 bits per heavy atom. The summed E-state index contributed by atoms with van der Waals surface area (Å²) < 4.78 is 50.1. The summed E-state index contributed by atoms with van der Waals surface area (Å²) >= 11 is 0. The predicted molar refractivity (Wildman–Crippen MR) is 151 cm³/mol. The summed E-state index contributed by atoms with van der Waals surface area (Å²) in [5, 5.41) is 2.89. The molecule has 2 aliphatic rings. The number of nitrogens with one attached hydrogen (secondary N) is 1. The topological polar surface area (TPSA) is 84.9 Å². The fourth-order valence-electron chi connectivity index (χ4n) is 5.58. The summed E-state index contributed by atoms with van der Waals surface area (Å²) in [5.74, 6) is -0.802. The predicted octanol–water partition coefficient (Wildman–Crippen LogP) is 5.05. The highest BCUT2D eigenvalue weighted by atomic mass is 19.4. The van der Waals surface area contributed by atoms with Crippen molar-refractivity contribution in [3.8, 4) is 5.75 Å². The molecule has 0 radical (unpaired) electrons. The number of hydrogen-bond acceptors (Lipinski definition) is 5. The maximum absolute atomic E-state index is 13.9. The number of rotatable bonds is 7. The van der Waals surface area contributed by atoms with Gasteiger partial charge < -0.3 is 19.7 Å². The van der Waals surface area contributed by atoms with E-state index >= 15 is 0 Å². The monoisotopic (exact) mass is 588 g/mol. The van der Waals surface area contributed by atoms with Crippen LogP contribution in [0.3, 0.4) is 0 Å². The summed E-state index contributed by atoms with van der Waals surface area (Å²) in [5.41, 5.74) is 1.85. The van der Waals surface area contributed by atoms with Gasteiger partial charge in [0, 0.05) is 38.1 Å². The quantitative estimate of drug-likeness (QED) is 0.489. The first-order valence-electron chi connectivity index (χ1n) is 14.7. The van der Waals surface area contributed by atoms with Crippen molar-refractivity contribution in [2.24, 2.45) is 5.92 Å². The van der Waals surface area contributed by atoms with Gasteiger partial charge in [-0.2, -0.15) is 13.2 Å². The zero-order chi connectivity index (χ0) is 30.0. The first-order valence-corrected chi connectivity index (χ1v) is 14.7. The Labute approximate surface area is 244 Å². The summed E-state index contributed by atoms with van der Waals surface area (Å²) in [6.45, 7) is 0.901. The summed E-state index contributed by atoms with van der Waals surface area (Å²) in [6, 6.07) is 15.6. The Morgan fingerprint density at radius 2 is 1.76 bits per heavy atom. The Morgan fingerprint density at radius 3 is 2.50 bits per heavy atom. The number of carbonyl (C=O) groups is 3. The van der Waals surface area contributed by atoms with Crippen LogP contribution >= 0.6 is 0 Å². The van der Waals surface area contributed by atoms with Crippen LogP contribution in [0.5, 0.6) is 5.75 Å². The number of halogens is 3. The number of ketones is 1. The van der Waals surface area contributed by atoms with Crippen LogP contribution < -0.4 is 10.1 Å². The zero-order valence-electron chi connectivity index (χ0n) is 23.7. The van der Waals surface area contributed by atoms with E-state index in [-0.39, 0.29) is 50.8 Å². The molecule has 1 fully saturated rings. The zero-order valence-corrected chi connectivity index (χ0v) is 23.7. The van der Waals surface area contributed by atoms with Crippen LogP contribution in [-0.2, 0) is 32.0 Å². The van der Waals surface area contributed by atoms with Gasteiger partial charge in [-0.25, -0.2) is 0 Å². The minimum absolute atomic E-state index is 0.0251. The highest BCUT2D eigenvalue weighted by Gasteiger charge is 2.35. The van der Waals surface area contributed by atoms with Gasteiger partial charge >= 0.3 is 6.18 Å². The van der Waals surface area contributed by atoms with Gasteiger partial charge in [0.2, 0.25) is 11.8 Å².